The number of piperidine rings is 1. The Morgan fingerprint density at radius 3 is 2.54 bits per heavy atom. The highest BCUT2D eigenvalue weighted by Crippen LogP contribution is 2.50. The van der Waals surface area contributed by atoms with Gasteiger partial charge in [-0.05, 0) is 45.4 Å². The lowest BCUT2D eigenvalue weighted by Gasteiger charge is -2.42. The number of nitrogens with zero attached hydrogens (tertiary/aromatic N) is 4. The van der Waals surface area contributed by atoms with Crippen LogP contribution in [-0.2, 0) is 0 Å². The van der Waals surface area contributed by atoms with E-state index in [0.29, 0.717) is 32.8 Å². The summed E-state index contributed by atoms with van der Waals surface area (Å²) in [6, 6.07) is 13.8. The van der Waals surface area contributed by atoms with Crippen LogP contribution in [0.15, 0.2) is 42.5 Å². The molecule has 1 saturated heterocycles. The van der Waals surface area contributed by atoms with Gasteiger partial charge in [0.15, 0.2) is 0 Å². The van der Waals surface area contributed by atoms with Gasteiger partial charge in [0.05, 0.1) is 16.1 Å². The molecule has 3 heterocycles. The number of aromatic nitrogens is 2. The van der Waals surface area contributed by atoms with Gasteiger partial charge in [-0.25, -0.2) is 0 Å². The van der Waals surface area contributed by atoms with Crippen molar-refractivity contribution in [2.75, 3.05) is 18.0 Å². The topological polar surface area (TPSA) is 54.6 Å². The molecule has 2 aromatic carbocycles. The number of hydrogen-bond donors (Lipinski definition) is 1. The zero-order chi connectivity index (χ0) is 26.4. The minimum absolute atomic E-state index is 0.0780. The van der Waals surface area contributed by atoms with Crippen LogP contribution in [0.1, 0.15) is 50.9 Å². The Hall–Kier alpha value is -2.50. The minimum Gasteiger partial charge on any atom is -0.485 e. The molecular formula is C28H29Cl2N5OS. The Morgan fingerprint density at radius 1 is 1.11 bits per heavy atom. The highest BCUT2D eigenvalue weighted by atomic mass is 35.5. The predicted octanol–water partition coefficient (Wildman–Crippen LogP) is 7.82. The van der Waals surface area contributed by atoms with Crippen LogP contribution in [0.2, 0.25) is 10.0 Å². The van der Waals surface area contributed by atoms with Gasteiger partial charge in [-0.3, -0.25) is 4.72 Å². The van der Waals surface area contributed by atoms with Crippen LogP contribution in [0.5, 0.6) is 5.75 Å². The summed E-state index contributed by atoms with van der Waals surface area (Å²) in [5.74, 6) is 1.79. The summed E-state index contributed by atoms with van der Waals surface area (Å²) in [6.07, 6.45) is 1.61. The van der Waals surface area contributed by atoms with E-state index in [4.69, 9.17) is 39.5 Å². The van der Waals surface area contributed by atoms with Crippen molar-refractivity contribution in [2.45, 2.75) is 56.9 Å². The van der Waals surface area contributed by atoms with Gasteiger partial charge in [-0.1, -0.05) is 77.0 Å². The normalized spacial score (nSPS) is 18.4. The summed E-state index contributed by atoms with van der Waals surface area (Å²) in [5.41, 5.74) is 2.86. The average Bonchev–Trinajstić information content (AvgIpc) is 3.16. The maximum atomic E-state index is 7.80. The first kappa shape index (κ1) is 26.1. The molecule has 1 spiro atoms. The SMILES string of the molecule is [C-]#[N+]c1nc(N2CCC3(CC2)Oc2ccccc2[C@@H]3NSC(C)(C)C)nc(C)c1-c1cccc(Cl)c1Cl. The second-order valence-corrected chi connectivity index (χ2v) is 12.9. The first-order chi connectivity index (χ1) is 17.6. The van der Waals surface area contributed by atoms with Gasteiger partial charge in [-0.15, -0.1) is 0 Å². The fourth-order valence-corrected chi connectivity index (χ4v) is 6.24. The number of anilines is 1. The molecule has 5 rings (SSSR count). The number of benzene rings is 2. The van der Waals surface area contributed by atoms with E-state index in [-0.39, 0.29) is 22.2 Å². The third-order valence-electron chi connectivity index (χ3n) is 6.83. The lowest BCUT2D eigenvalue weighted by atomic mass is 9.83. The van der Waals surface area contributed by atoms with Crippen LogP contribution in [-0.4, -0.2) is 33.4 Å². The molecular weight excluding hydrogens is 525 g/mol. The van der Waals surface area contributed by atoms with Gasteiger partial charge in [0, 0.05) is 47.5 Å². The Kier molecular flexibility index (Phi) is 7.06. The van der Waals surface area contributed by atoms with Gasteiger partial charge in [0.1, 0.15) is 11.4 Å². The van der Waals surface area contributed by atoms with Crippen LogP contribution in [0.4, 0.5) is 11.8 Å². The van der Waals surface area contributed by atoms with E-state index >= 15 is 0 Å². The molecule has 2 aliphatic rings. The fourth-order valence-electron chi connectivity index (χ4n) is 5.03. The third kappa shape index (κ3) is 5.00. The summed E-state index contributed by atoms with van der Waals surface area (Å²) in [6.45, 7) is 17.8. The lowest BCUT2D eigenvalue weighted by Crippen LogP contribution is -2.52. The van der Waals surface area contributed by atoms with Crippen molar-refractivity contribution in [3.63, 3.8) is 0 Å². The summed E-state index contributed by atoms with van der Waals surface area (Å²) >= 11 is 14.5. The van der Waals surface area contributed by atoms with E-state index in [2.05, 4.69) is 58.4 Å². The molecule has 2 aliphatic heterocycles. The van der Waals surface area contributed by atoms with Crippen molar-refractivity contribution in [2.24, 2.45) is 0 Å². The molecule has 6 nitrogen and oxygen atoms in total. The van der Waals surface area contributed by atoms with Crippen LogP contribution in [0, 0.1) is 13.5 Å². The van der Waals surface area contributed by atoms with E-state index in [1.807, 2.05) is 25.1 Å². The van der Waals surface area contributed by atoms with Crippen molar-refractivity contribution in [1.29, 1.82) is 0 Å². The Labute approximate surface area is 232 Å². The average molecular weight is 555 g/mol. The van der Waals surface area contributed by atoms with Crippen LogP contribution < -0.4 is 14.4 Å². The minimum atomic E-state index is -0.343. The third-order valence-corrected chi connectivity index (χ3v) is 8.62. The number of aryl methyl sites for hydroxylation is 1. The molecule has 1 fully saturated rings. The van der Waals surface area contributed by atoms with E-state index in [1.54, 1.807) is 18.0 Å². The highest BCUT2D eigenvalue weighted by Gasteiger charge is 2.51. The molecule has 0 aliphatic carbocycles. The van der Waals surface area contributed by atoms with Gasteiger partial charge in [-0.2, -0.15) is 4.98 Å². The van der Waals surface area contributed by atoms with Crippen molar-refractivity contribution in [3.8, 4) is 16.9 Å². The van der Waals surface area contributed by atoms with E-state index in [0.717, 1.165) is 31.7 Å². The molecule has 9 heteroatoms. The quantitative estimate of drug-likeness (QED) is 0.262. The molecule has 0 saturated carbocycles. The molecule has 1 aromatic heterocycles. The molecule has 1 atom stereocenters. The van der Waals surface area contributed by atoms with Crippen molar-refractivity contribution < 1.29 is 4.74 Å². The Balaban J connectivity index is 1.41. The zero-order valence-electron chi connectivity index (χ0n) is 21.3. The number of rotatable bonds is 4. The summed E-state index contributed by atoms with van der Waals surface area (Å²) in [7, 11) is 0. The fraction of sp³-hybridized carbons (Fsp3) is 0.393. The van der Waals surface area contributed by atoms with Gasteiger partial charge < -0.3 is 14.5 Å². The molecule has 3 aromatic rings. The molecule has 0 bridgehead atoms. The van der Waals surface area contributed by atoms with Crippen molar-refractivity contribution >= 4 is 46.9 Å². The number of para-hydroxylation sites is 1. The number of fused-ring (bicyclic) bond motifs is 1. The van der Waals surface area contributed by atoms with E-state index in [1.165, 1.54) is 5.56 Å². The van der Waals surface area contributed by atoms with Crippen molar-refractivity contribution in [3.05, 3.63) is 75.2 Å². The molecule has 0 unspecified atom stereocenters. The number of nitrogens with one attached hydrogen (secondary N) is 1. The van der Waals surface area contributed by atoms with Crippen molar-refractivity contribution in [1.82, 2.24) is 14.7 Å². The largest absolute Gasteiger partial charge is 0.485 e. The van der Waals surface area contributed by atoms with Crippen LogP contribution in [0.25, 0.3) is 16.0 Å². The number of hydrogen-bond acceptors (Lipinski definition) is 6. The molecule has 0 amide bonds. The number of ether oxygens (including phenoxy) is 1. The summed E-state index contributed by atoms with van der Waals surface area (Å²) in [5, 5.41) is 0.836. The van der Waals surface area contributed by atoms with Crippen LogP contribution >= 0.6 is 35.1 Å². The first-order valence-electron chi connectivity index (χ1n) is 12.3. The number of halogens is 2. The van der Waals surface area contributed by atoms with E-state index in [9.17, 15) is 0 Å². The first-order valence-corrected chi connectivity index (χ1v) is 13.9. The standard InChI is InChI=1S/C28H29Cl2N5OS/c1-17-22(19-10-8-11-20(29)23(19)30)25(31-5)33-26(32-17)35-15-13-28(14-16-35)24(34-37-27(2,3)4)18-9-6-7-12-21(18)36-28/h6-12,24,34H,13-16H2,1-4H3/t24-/m0/s1. The predicted molar refractivity (Wildman–Crippen MR) is 153 cm³/mol. The monoisotopic (exact) mass is 553 g/mol. The Morgan fingerprint density at radius 2 is 1.84 bits per heavy atom. The summed E-state index contributed by atoms with van der Waals surface area (Å²) < 4.78 is 10.5. The second-order valence-electron chi connectivity index (χ2n) is 10.5. The molecule has 37 heavy (non-hydrogen) atoms. The second kappa shape index (κ2) is 9.99. The lowest BCUT2D eigenvalue weighted by molar-refractivity contribution is 0.0387. The molecule has 192 valence electrons. The smallest absolute Gasteiger partial charge is 0.322 e. The van der Waals surface area contributed by atoms with E-state index < -0.39 is 0 Å². The molecule has 0 radical (unpaired) electrons. The summed E-state index contributed by atoms with van der Waals surface area (Å²) in [4.78, 5) is 15.3. The maximum Gasteiger partial charge on any atom is 0.322 e. The van der Waals surface area contributed by atoms with Crippen LogP contribution in [0.3, 0.4) is 0 Å². The van der Waals surface area contributed by atoms with Gasteiger partial charge in [0.25, 0.3) is 5.82 Å². The highest BCUT2D eigenvalue weighted by molar-refractivity contribution is 7.98. The van der Waals surface area contributed by atoms with Gasteiger partial charge in [0.2, 0.25) is 0 Å². The maximum absolute atomic E-state index is 7.80. The molecule has 1 N–H and O–H groups in total. The Bertz CT molecular complexity index is 1380. The van der Waals surface area contributed by atoms with Gasteiger partial charge >= 0.3 is 5.95 Å². The zero-order valence-corrected chi connectivity index (χ0v) is 23.6.